The first-order valence-electron chi connectivity index (χ1n) is 10.5. The van der Waals surface area contributed by atoms with Crippen molar-refractivity contribution < 1.29 is 19.4 Å². The first kappa shape index (κ1) is 21.8. The molecule has 1 saturated heterocycles. The smallest absolute Gasteiger partial charge is 0.306 e. The number of hydrogen-bond donors (Lipinski definition) is 1. The minimum absolute atomic E-state index is 0.110. The Morgan fingerprint density at radius 1 is 1.14 bits per heavy atom. The maximum atomic E-state index is 11.9. The molecule has 1 N–H and O–H groups in total. The molecule has 1 aliphatic carbocycles. The van der Waals surface area contributed by atoms with E-state index in [0.29, 0.717) is 12.3 Å². The number of carboxylic acid groups (broad SMARTS) is 1. The van der Waals surface area contributed by atoms with Crippen LogP contribution in [-0.4, -0.2) is 55.5 Å². The number of nitrogens with zero attached hydrogens (tertiary/aromatic N) is 1. The van der Waals surface area contributed by atoms with Crippen LogP contribution < -0.4 is 0 Å². The molecule has 3 rings (SSSR count). The summed E-state index contributed by atoms with van der Waals surface area (Å²) in [5.41, 5.74) is 2.37. The van der Waals surface area contributed by atoms with Crippen molar-refractivity contribution in [1.29, 1.82) is 0 Å². The summed E-state index contributed by atoms with van der Waals surface area (Å²) in [6.45, 7) is 3.05. The van der Waals surface area contributed by atoms with Crippen LogP contribution in [0.15, 0.2) is 54.1 Å². The summed E-state index contributed by atoms with van der Waals surface area (Å²) in [6.07, 6.45) is 9.11. The largest absolute Gasteiger partial charge is 0.481 e. The van der Waals surface area contributed by atoms with Crippen LogP contribution in [0, 0.1) is 11.8 Å². The van der Waals surface area contributed by atoms with E-state index in [1.807, 2.05) is 24.3 Å². The molecular formula is C24H33NO4. The van der Waals surface area contributed by atoms with E-state index in [9.17, 15) is 9.90 Å². The van der Waals surface area contributed by atoms with Crippen LogP contribution in [0.4, 0.5) is 0 Å². The zero-order valence-electron chi connectivity index (χ0n) is 17.5. The van der Waals surface area contributed by atoms with Gasteiger partial charge in [0.2, 0.25) is 0 Å². The number of methoxy groups -OCH3 is 2. The number of carbonyl (C=O) groups is 1. The van der Waals surface area contributed by atoms with Crippen LogP contribution in [0.2, 0.25) is 0 Å². The molecule has 1 heterocycles. The molecule has 5 heteroatoms. The summed E-state index contributed by atoms with van der Waals surface area (Å²) in [6, 6.07) is 10.5. The Bertz CT molecular complexity index is 707. The number of aliphatic carboxylic acids is 1. The molecule has 1 aromatic rings. The zero-order valence-corrected chi connectivity index (χ0v) is 17.5. The number of likely N-dealkylation sites (tertiary alicyclic amines) is 1. The Hall–Kier alpha value is -1.95. The topological polar surface area (TPSA) is 59.0 Å². The standard InChI is InChI=1S/C24H33NO4/c1-28-22-9-8-20(16-23(22)29-2)15-21(24(26)27)14-18-10-12-25(13-11-18)17-19-6-4-3-5-7-19/h3-9,16,18,21-23H,10-15,17H2,1-2H3,(H,26,27). The molecule has 3 atom stereocenters. The van der Waals surface area contributed by atoms with Gasteiger partial charge in [-0.25, -0.2) is 0 Å². The average molecular weight is 400 g/mol. The Morgan fingerprint density at radius 2 is 1.83 bits per heavy atom. The lowest BCUT2D eigenvalue weighted by Crippen LogP contribution is -2.34. The SMILES string of the molecule is COC1C=CC(CC(CC2CCN(Cc3ccccc3)CC2)C(=O)O)=CC1OC. The van der Waals surface area contributed by atoms with E-state index < -0.39 is 5.97 Å². The van der Waals surface area contributed by atoms with Crippen molar-refractivity contribution in [2.24, 2.45) is 11.8 Å². The van der Waals surface area contributed by atoms with Crippen molar-refractivity contribution in [2.45, 2.75) is 44.4 Å². The van der Waals surface area contributed by atoms with Gasteiger partial charge in [-0.05, 0) is 61.9 Å². The second kappa shape index (κ2) is 10.7. The van der Waals surface area contributed by atoms with Crippen LogP contribution in [0.25, 0.3) is 0 Å². The summed E-state index contributed by atoms with van der Waals surface area (Å²) < 4.78 is 10.9. The van der Waals surface area contributed by atoms with E-state index in [1.54, 1.807) is 14.2 Å². The van der Waals surface area contributed by atoms with Gasteiger partial charge in [0.25, 0.3) is 0 Å². The maximum absolute atomic E-state index is 11.9. The number of benzene rings is 1. The van der Waals surface area contributed by atoms with Gasteiger partial charge in [0.05, 0.1) is 5.92 Å². The fourth-order valence-corrected chi connectivity index (χ4v) is 4.42. The molecule has 1 aliphatic heterocycles. The average Bonchev–Trinajstić information content (AvgIpc) is 2.75. The second-order valence-electron chi connectivity index (χ2n) is 8.18. The minimum atomic E-state index is -0.700. The molecular weight excluding hydrogens is 366 g/mol. The van der Waals surface area contributed by atoms with Crippen LogP contribution in [0.3, 0.4) is 0 Å². The van der Waals surface area contributed by atoms with E-state index in [0.717, 1.165) is 44.5 Å². The maximum Gasteiger partial charge on any atom is 0.306 e. The molecule has 0 spiro atoms. The number of piperidine rings is 1. The molecule has 0 radical (unpaired) electrons. The van der Waals surface area contributed by atoms with Gasteiger partial charge < -0.3 is 14.6 Å². The van der Waals surface area contributed by atoms with Crippen molar-refractivity contribution in [2.75, 3.05) is 27.3 Å². The van der Waals surface area contributed by atoms with Gasteiger partial charge >= 0.3 is 5.97 Å². The second-order valence-corrected chi connectivity index (χ2v) is 8.18. The Balaban J connectivity index is 1.51. The fraction of sp³-hybridized carbons (Fsp3) is 0.542. The predicted molar refractivity (Wildman–Crippen MR) is 114 cm³/mol. The first-order chi connectivity index (χ1) is 14.1. The van der Waals surface area contributed by atoms with Gasteiger partial charge in [-0.15, -0.1) is 0 Å². The van der Waals surface area contributed by atoms with Gasteiger partial charge in [-0.2, -0.15) is 0 Å². The molecule has 1 aromatic carbocycles. The van der Waals surface area contributed by atoms with Crippen molar-refractivity contribution >= 4 is 5.97 Å². The van der Waals surface area contributed by atoms with Crippen LogP contribution in [-0.2, 0) is 20.8 Å². The Morgan fingerprint density at radius 3 is 2.45 bits per heavy atom. The Labute approximate surface area is 174 Å². The van der Waals surface area contributed by atoms with E-state index in [4.69, 9.17) is 9.47 Å². The molecule has 29 heavy (non-hydrogen) atoms. The Kier molecular flexibility index (Phi) is 8.04. The van der Waals surface area contributed by atoms with E-state index >= 15 is 0 Å². The summed E-state index contributed by atoms with van der Waals surface area (Å²) in [4.78, 5) is 14.4. The third-order valence-electron chi connectivity index (χ3n) is 6.15. The molecule has 5 nitrogen and oxygen atoms in total. The van der Waals surface area contributed by atoms with Gasteiger partial charge in [0.1, 0.15) is 12.2 Å². The number of ether oxygens (including phenoxy) is 2. The highest BCUT2D eigenvalue weighted by Gasteiger charge is 2.28. The van der Waals surface area contributed by atoms with E-state index in [-0.39, 0.29) is 18.1 Å². The van der Waals surface area contributed by atoms with Gasteiger partial charge in [-0.1, -0.05) is 42.5 Å². The van der Waals surface area contributed by atoms with Crippen molar-refractivity contribution in [3.05, 3.63) is 59.7 Å². The number of carboxylic acids is 1. The van der Waals surface area contributed by atoms with Gasteiger partial charge in [-0.3, -0.25) is 9.69 Å². The highest BCUT2D eigenvalue weighted by molar-refractivity contribution is 5.70. The van der Waals surface area contributed by atoms with Crippen molar-refractivity contribution in [1.82, 2.24) is 4.90 Å². The fourth-order valence-electron chi connectivity index (χ4n) is 4.42. The number of hydrogen-bond acceptors (Lipinski definition) is 4. The summed E-state index contributed by atoms with van der Waals surface area (Å²) >= 11 is 0. The highest BCUT2D eigenvalue weighted by Crippen LogP contribution is 2.30. The molecule has 0 aromatic heterocycles. The number of rotatable bonds is 9. The summed E-state index contributed by atoms with van der Waals surface area (Å²) in [5.74, 6) is -0.580. The van der Waals surface area contributed by atoms with Crippen LogP contribution >= 0.6 is 0 Å². The predicted octanol–water partition coefficient (Wildman–Crippen LogP) is 3.91. The lowest BCUT2D eigenvalue weighted by atomic mass is 9.83. The highest BCUT2D eigenvalue weighted by atomic mass is 16.5. The molecule has 0 bridgehead atoms. The van der Waals surface area contributed by atoms with Gasteiger partial charge in [0, 0.05) is 20.8 Å². The van der Waals surface area contributed by atoms with Gasteiger partial charge in [0.15, 0.2) is 0 Å². The quantitative estimate of drug-likeness (QED) is 0.682. The molecule has 158 valence electrons. The molecule has 2 aliphatic rings. The molecule has 0 amide bonds. The number of allylic oxidation sites excluding steroid dienone is 2. The minimum Gasteiger partial charge on any atom is -0.481 e. The third kappa shape index (κ3) is 6.26. The van der Waals surface area contributed by atoms with E-state index in [1.165, 1.54) is 5.56 Å². The lowest BCUT2D eigenvalue weighted by Gasteiger charge is -2.33. The molecule has 3 unspecified atom stereocenters. The molecule has 1 fully saturated rings. The third-order valence-corrected chi connectivity index (χ3v) is 6.15. The van der Waals surface area contributed by atoms with Crippen molar-refractivity contribution in [3.8, 4) is 0 Å². The van der Waals surface area contributed by atoms with Crippen LogP contribution in [0.1, 0.15) is 31.2 Å². The summed E-state index contributed by atoms with van der Waals surface area (Å²) in [5, 5.41) is 9.78. The van der Waals surface area contributed by atoms with Crippen LogP contribution in [0.5, 0.6) is 0 Å². The lowest BCUT2D eigenvalue weighted by molar-refractivity contribution is -0.142. The monoisotopic (exact) mass is 399 g/mol. The summed E-state index contributed by atoms with van der Waals surface area (Å²) in [7, 11) is 3.31. The first-order valence-corrected chi connectivity index (χ1v) is 10.5. The zero-order chi connectivity index (χ0) is 20.6. The van der Waals surface area contributed by atoms with E-state index in [2.05, 4.69) is 29.2 Å². The molecule has 0 saturated carbocycles. The van der Waals surface area contributed by atoms with Crippen molar-refractivity contribution in [3.63, 3.8) is 0 Å². The normalized spacial score (nSPS) is 24.3.